The molecule has 0 radical (unpaired) electrons. The molecule has 0 heterocycles. The fraction of sp³-hybridized carbons (Fsp3) is 0.562. The van der Waals surface area contributed by atoms with E-state index in [1.807, 2.05) is 13.8 Å². The molecule has 1 aromatic rings. The molecule has 0 aliphatic heterocycles. The topological polar surface area (TPSA) is 17.1 Å². The summed E-state index contributed by atoms with van der Waals surface area (Å²) in [4.78, 5) is 11.2. The number of hydrogen-bond donors (Lipinski definition) is 0. The number of carbonyl (C=O) groups excluding carboxylic acids is 1. The molecular formula is C16H23ClO. The molecule has 2 heteroatoms. The third-order valence-electron chi connectivity index (χ3n) is 3.36. The summed E-state index contributed by atoms with van der Waals surface area (Å²) in [6.45, 7) is 6.01. The number of benzene rings is 1. The van der Waals surface area contributed by atoms with Crippen molar-refractivity contribution in [3.8, 4) is 0 Å². The molecule has 0 spiro atoms. The van der Waals surface area contributed by atoms with Crippen LogP contribution in [0.2, 0.25) is 0 Å². The Morgan fingerprint density at radius 2 is 1.61 bits per heavy atom. The lowest BCUT2D eigenvalue weighted by atomic mass is 9.88. The van der Waals surface area contributed by atoms with E-state index >= 15 is 0 Å². The van der Waals surface area contributed by atoms with Gasteiger partial charge in [0.1, 0.15) is 0 Å². The van der Waals surface area contributed by atoms with Gasteiger partial charge in [0.2, 0.25) is 5.24 Å². The van der Waals surface area contributed by atoms with Gasteiger partial charge in [0.25, 0.3) is 0 Å². The second-order valence-electron chi connectivity index (χ2n) is 5.58. The van der Waals surface area contributed by atoms with Gasteiger partial charge >= 0.3 is 0 Å². The van der Waals surface area contributed by atoms with Crippen molar-refractivity contribution in [3.05, 3.63) is 35.4 Å². The van der Waals surface area contributed by atoms with E-state index in [4.69, 9.17) is 11.6 Å². The standard InChI is InChI=1S/C16H23ClO/c1-4-6-13-8-10-14(11-9-13)7-5-12-16(2,3)15(17)18/h8-11H,4-7,12H2,1-3H3. The van der Waals surface area contributed by atoms with Gasteiger partial charge in [0, 0.05) is 5.41 Å². The molecule has 0 aromatic heterocycles. The Hall–Kier alpha value is -0.820. The first-order valence-electron chi connectivity index (χ1n) is 6.73. The molecule has 0 aliphatic rings. The molecule has 0 aliphatic carbocycles. The smallest absolute Gasteiger partial charge is 0.227 e. The highest BCUT2D eigenvalue weighted by Crippen LogP contribution is 2.26. The first-order chi connectivity index (χ1) is 8.45. The second kappa shape index (κ2) is 6.94. The zero-order valence-corrected chi connectivity index (χ0v) is 12.4. The fourth-order valence-corrected chi connectivity index (χ4v) is 2.09. The van der Waals surface area contributed by atoms with Crippen molar-refractivity contribution in [1.82, 2.24) is 0 Å². The highest BCUT2D eigenvalue weighted by molar-refractivity contribution is 6.64. The van der Waals surface area contributed by atoms with E-state index in [0.29, 0.717) is 0 Å². The summed E-state index contributed by atoms with van der Waals surface area (Å²) in [6.07, 6.45) is 5.18. The molecule has 0 atom stereocenters. The zero-order chi connectivity index (χ0) is 13.6. The summed E-state index contributed by atoms with van der Waals surface area (Å²) in [5, 5.41) is -0.235. The maximum Gasteiger partial charge on any atom is 0.227 e. The molecule has 0 saturated heterocycles. The highest BCUT2D eigenvalue weighted by Gasteiger charge is 2.24. The van der Waals surface area contributed by atoms with Crippen molar-refractivity contribution in [2.24, 2.45) is 5.41 Å². The quantitative estimate of drug-likeness (QED) is 0.651. The average Bonchev–Trinajstić information content (AvgIpc) is 2.31. The third-order valence-corrected chi connectivity index (χ3v) is 3.87. The van der Waals surface area contributed by atoms with Gasteiger partial charge in [0.15, 0.2) is 0 Å². The molecular weight excluding hydrogens is 244 g/mol. The molecule has 0 fully saturated rings. The van der Waals surface area contributed by atoms with E-state index in [2.05, 4.69) is 31.2 Å². The zero-order valence-electron chi connectivity index (χ0n) is 11.6. The molecule has 0 bridgehead atoms. The Morgan fingerprint density at radius 3 is 2.06 bits per heavy atom. The van der Waals surface area contributed by atoms with Crippen LogP contribution < -0.4 is 0 Å². The van der Waals surface area contributed by atoms with E-state index in [1.165, 1.54) is 17.5 Å². The Kier molecular flexibility index (Phi) is 5.87. The second-order valence-corrected chi connectivity index (χ2v) is 5.92. The molecule has 1 rings (SSSR count). The summed E-state index contributed by atoms with van der Waals surface area (Å²) in [5.74, 6) is 0. The molecule has 1 aromatic carbocycles. The van der Waals surface area contributed by atoms with E-state index in [9.17, 15) is 4.79 Å². The molecule has 18 heavy (non-hydrogen) atoms. The number of aryl methyl sites for hydroxylation is 2. The Bertz CT molecular complexity index is 379. The van der Waals surface area contributed by atoms with Gasteiger partial charge < -0.3 is 0 Å². The van der Waals surface area contributed by atoms with Crippen LogP contribution in [-0.4, -0.2) is 5.24 Å². The number of hydrogen-bond acceptors (Lipinski definition) is 1. The maximum atomic E-state index is 11.2. The lowest BCUT2D eigenvalue weighted by Gasteiger charge is -2.18. The normalized spacial score (nSPS) is 11.6. The van der Waals surface area contributed by atoms with Gasteiger partial charge in [-0.05, 0) is 48.4 Å². The largest absolute Gasteiger partial charge is 0.281 e. The van der Waals surface area contributed by atoms with Gasteiger partial charge in [-0.1, -0.05) is 51.5 Å². The van der Waals surface area contributed by atoms with Crippen molar-refractivity contribution in [2.45, 2.75) is 52.9 Å². The first kappa shape index (κ1) is 15.2. The van der Waals surface area contributed by atoms with Crippen LogP contribution in [0.15, 0.2) is 24.3 Å². The van der Waals surface area contributed by atoms with Crippen molar-refractivity contribution in [1.29, 1.82) is 0 Å². The average molecular weight is 267 g/mol. The van der Waals surface area contributed by atoms with Crippen LogP contribution in [0.25, 0.3) is 0 Å². The SMILES string of the molecule is CCCc1ccc(CCCC(C)(C)C(=O)Cl)cc1. The van der Waals surface area contributed by atoms with Crippen LogP contribution >= 0.6 is 11.6 Å². The lowest BCUT2D eigenvalue weighted by molar-refractivity contribution is -0.119. The van der Waals surface area contributed by atoms with Crippen molar-refractivity contribution in [3.63, 3.8) is 0 Å². The van der Waals surface area contributed by atoms with Crippen LogP contribution in [-0.2, 0) is 17.6 Å². The summed E-state index contributed by atoms with van der Waals surface area (Å²) < 4.78 is 0. The van der Waals surface area contributed by atoms with Crippen LogP contribution in [0, 0.1) is 5.41 Å². The van der Waals surface area contributed by atoms with Crippen LogP contribution in [0.3, 0.4) is 0 Å². The molecule has 0 unspecified atom stereocenters. The van der Waals surface area contributed by atoms with Crippen LogP contribution in [0.5, 0.6) is 0 Å². The summed E-state index contributed by atoms with van der Waals surface area (Å²) in [5.41, 5.74) is 2.34. The van der Waals surface area contributed by atoms with Crippen molar-refractivity contribution in [2.75, 3.05) is 0 Å². The van der Waals surface area contributed by atoms with E-state index in [0.717, 1.165) is 25.7 Å². The highest BCUT2D eigenvalue weighted by atomic mass is 35.5. The fourth-order valence-electron chi connectivity index (χ4n) is 1.99. The van der Waals surface area contributed by atoms with E-state index < -0.39 is 5.41 Å². The predicted octanol–water partition coefficient (Wildman–Crippen LogP) is 4.75. The number of halogens is 1. The Labute approximate surface area is 116 Å². The van der Waals surface area contributed by atoms with Gasteiger partial charge in [-0.25, -0.2) is 0 Å². The minimum absolute atomic E-state index is 0.235. The van der Waals surface area contributed by atoms with E-state index in [-0.39, 0.29) is 5.24 Å². The summed E-state index contributed by atoms with van der Waals surface area (Å²) >= 11 is 5.57. The minimum Gasteiger partial charge on any atom is -0.281 e. The monoisotopic (exact) mass is 266 g/mol. The molecule has 100 valence electrons. The minimum atomic E-state index is -0.399. The van der Waals surface area contributed by atoms with Crippen LogP contribution in [0.4, 0.5) is 0 Å². The van der Waals surface area contributed by atoms with Crippen LogP contribution in [0.1, 0.15) is 51.2 Å². The van der Waals surface area contributed by atoms with Gasteiger partial charge in [-0.2, -0.15) is 0 Å². The van der Waals surface area contributed by atoms with Gasteiger partial charge in [0.05, 0.1) is 0 Å². The number of carbonyl (C=O) groups is 1. The first-order valence-corrected chi connectivity index (χ1v) is 7.11. The van der Waals surface area contributed by atoms with Crippen molar-refractivity contribution >= 4 is 16.8 Å². The Morgan fingerprint density at radius 1 is 1.11 bits per heavy atom. The number of rotatable bonds is 7. The van der Waals surface area contributed by atoms with Crippen molar-refractivity contribution < 1.29 is 4.79 Å². The molecule has 0 amide bonds. The van der Waals surface area contributed by atoms with Gasteiger partial charge in [-0.15, -0.1) is 0 Å². The Balaban J connectivity index is 2.42. The summed E-state index contributed by atoms with van der Waals surface area (Å²) in [6, 6.07) is 8.80. The summed E-state index contributed by atoms with van der Waals surface area (Å²) in [7, 11) is 0. The predicted molar refractivity (Wildman–Crippen MR) is 78.0 cm³/mol. The third kappa shape index (κ3) is 4.81. The molecule has 0 N–H and O–H groups in total. The molecule has 0 saturated carbocycles. The molecule has 1 nitrogen and oxygen atoms in total. The van der Waals surface area contributed by atoms with Gasteiger partial charge in [-0.3, -0.25) is 4.79 Å². The van der Waals surface area contributed by atoms with E-state index in [1.54, 1.807) is 0 Å². The maximum absolute atomic E-state index is 11.2. The lowest BCUT2D eigenvalue weighted by Crippen LogP contribution is -2.19.